The summed E-state index contributed by atoms with van der Waals surface area (Å²) in [5.74, 6) is 0.506. The van der Waals surface area contributed by atoms with E-state index in [1.807, 2.05) is 6.92 Å². The molecule has 0 aliphatic rings. The molecule has 1 aromatic heterocycles. The number of rotatable bonds is 9. The van der Waals surface area contributed by atoms with E-state index in [0.717, 1.165) is 6.26 Å². The molecule has 0 amide bonds. The van der Waals surface area contributed by atoms with Crippen LogP contribution in [0.3, 0.4) is 0 Å². The highest BCUT2D eigenvalue weighted by Gasteiger charge is 2.13. The number of nitrogens with one attached hydrogen (secondary N) is 2. The van der Waals surface area contributed by atoms with E-state index in [0.29, 0.717) is 34.3 Å². The predicted molar refractivity (Wildman–Crippen MR) is 106 cm³/mol. The van der Waals surface area contributed by atoms with Crippen molar-refractivity contribution in [1.82, 2.24) is 9.97 Å². The summed E-state index contributed by atoms with van der Waals surface area (Å²) in [6.45, 7) is 3.51. The Bertz CT molecular complexity index is 890. The van der Waals surface area contributed by atoms with E-state index >= 15 is 0 Å². The van der Waals surface area contributed by atoms with Gasteiger partial charge in [-0.1, -0.05) is 36.9 Å². The van der Waals surface area contributed by atoms with Crippen LogP contribution in [0, 0.1) is 12.7 Å². The van der Waals surface area contributed by atoms with Crippen molar-refractivity contribution in [1.29, 1.82) is 0 Å². The first kappa shape index (κ1) is 21.4. The minimum atomic E-state index is -3.52. The Morgan fingerprint density at radius 2 is 2.00 bits per heavy atom. The Kier molecular flexibility index (Phi) is 7.40. The van der Waals surface area contributed by atoms with Crippen molar-refractivity contribution < 1.29 is 17.9 Å². The van der Waals surface area contributed by atoms with Gasteiger partial charge in [0.1, 0.15) is 17.5 Å². The molecule has 0 fully saturated rings. The van der Waals surface area contributed by atoms with Crippen LogP contribution in [-0.2, 0) is 15.8 Å². The molecule has 0 radical (unpaired) electrons. The highest BCUT2D eigenvalue weighted by atomic mass is 32.2. The van der Waals surface area contributed by atoms with Crippen LogP contribution in [0.2, 0.25) is 0 Å². The maximum absolute atomic E-state index is 14.2. The summed E-state index contributed by atoms with van der Waals surface area (Å²) in [7, 11) is -3.52. The topological polar surface area (TPSA) is 104 Å². The van der Waals surface area contributed by atoms with E-state index in [-0.39, 0.29) is 24.3 Å². The molecule has 1 atom stereocenters. The Balaban J connectivity index is 2.27. The SMILES string of the molecule is CC[C@H](CO)Nc1cc(NS(C)(=O)=O)nc(SCc2cccc(C)c2F)n1. The second kappa shape index (κ2) is 9.34. The number of aryl methyl sites for hydroxylation is 1. The standard InChI is InChI=1S/C17H23FN4O3S2/c1-4-13(9-23)19-14-8-15(22-27(3,24)25)21-17(20-14)26-10-12-7-5-6-11(2)16(12)18/h5-8,13,23H,4,9-10H2,1-3H3,(H2,19,20,21,22)/t13-/m1/s1. The van der Waals surface area contributed by atoms with E-state index < -0.39 is 10.0 Å². The second-order valence-corrected chi connectivity index (χ2v) is 8.75. The maximum atomic E-state index is 14.2. The summed E-state index contributed by atoms with van der Waals surface area (Å²) in [4.78, 5) is 8.52. The number of hydrogen-bond donors (Lipinski definition) is 3. The van der Waals surface area contributed by atoms with Crippen molar-refractivity contribution in [2.75, 3.05) is 22.9 Å². The second-order valence-electron chi connectivity index (χ2n) is 6.06. The molecule has 1 heterocycles. The Morgan fingerprint density at radius 3 is 2.63 bits per heavy atom. The van der Waals surface area contributed by atoms with E-state index in [1.54, 1.807) is 25.1 Å². The van der Waals surface area contributed by atoms with Gasteiger partial charge in [0.2, 0.25) is 10.0 Å². The molecular formula is C17H23FN4O3S2. The van der Waals surface area contributed by atoms with Crippen LogP contribution in [0.4, 0.5) is 16.0 Å². The minimum absolute atomic E-state index is 0.0910. The van der Waals surface area contributed by atoms with Gasteiger partial charge in [-0.05, 0) is 24.5 Å². The third-order valence-electron chi connectivity index (χ3n) is 3.69. The zero-order chi connectivity index (χ0) is 20.0. The zero-order valence-corrected chi connectivity index (χ0v) is 17.0. The lowest BCUT2D eigenvalue weighted by molar-refractivity contribution is 0.271. The molecule has 10 heteroatoms. The van der Waals surface area contributed by atoms with Gasteiger partial charge in [0.15, 0.2) is 5.16 Å². The Morgan fingerprint density at radius 1 is 1.30 bits per heavy atom. The third kappa shape index (κ3) is 6.64. The van der Waals surface area contributed by atoms with Crippen molar-refractivity contribution in [3.05, 3.63) is 41.2 Å². The van der Waals surface area contributed by atoms with Gasteiger partial charge in [-0.2, -0.15) is 0 Å². The molecule has 0 saturated heterocycles. The van der Waals surface area contributed by atoms with E-state index in [1.165, 1.54) is 17.8 Å². The smallest absolute Gasteiger partial charge is 0.230 e. The number of aromatic nitrogens is 2. The molecule has 3 N–H and O–H groups in total. The minimum Gasteiger partial charge on any atom is -0.394 e. The van der Waals surface area contributed by atoms with Crippen LogP contribution >= 0.6 is 11.8 Å². The number of hydrogen-bond acceptors (Lipinski definition) is 7. The van der Waals surface area contributed by atoms with Crippen LogP contribution in [0.25, 0.3) is 0 Å². The fraction of sp³-hybridized carbons (Fsp3) is 0.412. The van der Waals surface area contributed by atoms with Crippen LogP contribution < -0.4 is 10.0 Å². The monoisotopic (exact) mass is 414 g/mol. The first-order chi connectivity index (χ1) is 12.7. The Hall–Kier alpha value is -1.91. The van der Waals surface area contributed by atoms with Gasteiger partial charge in [0.05, 0.1) is 18.9 Å². The van der Waals surface area contributed by atoms with Gasteiger partial charge < -0.3 is 10.4 Å². The lowest BCUT2D eigenvalue weighted by Gasteiger charge is -2.16. The van der Waals surface area contributed by atoms with Crippen LogP contribution in [0.5, 0.6) is 0 Å². The molecule has 0 unspecified atom stereocenters. The molecule has 0 aliphatic carbocycles. The molecule has 7 nitrogen and oxygen atoms in total. The molecular weight excluding hydrogens is 391 g/mol. The summed E-state index contributed by atoms with van der Waals surface area (Å²) in [6.07, 6.45) is 1.69. The molecule has 1 aromatic carbocycles. The van der Waals surface area contributed by atoms with Gasteiger partial charge in [0, 0.05) is 11.8 Å². The van der Waals surface area contributed by atoms with E-state index in [9.17, 15) is 17.9 Å². The third-order valence-corrected chi connectivity index (χ3v) is 5.17. The summed E-state index contributed by atoms with van der Waals surface area (Å²) in [5, 5.41) is 12.7. The average molecular weight is 415 g/mol. The largest absolute Gasteiger partial charge is 0.394 e. The number of aliphatic hydroxyl groups excluding tert-OH is 1. The summed E-state index contributed by atoms with van der Waals surface area (Å²) in [6, 6.07) is 6.39. The van der Waals surface area contributed by atoms with Crippen molar-refractivity contribution in [2.45, 2.75) is 37.2 Å². The molecule has 27 heavy (non-hydrogen) atoms. The summed E-state index contributed by atoms with van der Waals surface area (Å²) < 4.78 is 39.5. The molecule has 2 aromatic rings. The van der Waals surface area contributed by atoms with E-state index in [2.05, 4.69) is 20.0 Å². The van der Waals surface area contributed by atoms with Crippen LogP contribution in [0.15, 0.2) is 29.4 Å². The number of nitrogens with zero attached hydrogens (tertiary/aromatic N) is 2. The van der Waals surface area contributed by atoms with Crippen molar-refractivity contribution in [2.24, 2.45) is 0 Å². The number of benzene rings is 1. The Labute approximate surface area is 162 Å². The normalized spacial score (nSPS) is 12.6. The van der Waals surface area contributed by atoms with Gasteiger partial charge in [-0.15, -0.1) is 0 Å². The van der Waals surface area contributed by atoms with Gasteiger partial charge in [-0.3, -0.25) is 4.72 Å². The average Bonchev–Trinajstić information content (AvgIpc) is 2.59. The van der Waals surface area contributed by atoms with Crippen molar-refractivity contribution >= 4 is 33.4 Å². The van der Waals surface area contributed by atoms with Crippen molar-refractivity contribution in [3.63, 3.8) is 0 Å². The molecule has 0 spiro atoms. The number of sulfonamides is 1. The van der Waals surface area contributed by atoms with Crippen LogP contribution in [0.1, 0.15) is 24.5 Å². The lowest BCUT2D eigenvalue weighted by Crippen LogP contribution is -2.23. The number of anilines is 2. The highest BCUT2D eigenvalue weighted by Crippen LogP contribution is 2.25. The summed E-state index contributed by atoms with van der Waals surface area (Å²) in [5.41, 5.74) is 1.07. The van der Waals surface area contributed by atoms with Crippen LogP contribution in [-0.4, -0.2) is 42.4 Å². The summed E-state index contributed by atoms with van der Waals surface area (Å²) >= 11 is 1.19. The zero-order valence-electron chi connectivity index (χ0n) is 15.4. The van der Waals surface area contributed by atoms with Gasteiger partial charge in [0.25, 0.3) is 0 Å². The van der Waals surface area contributed by atoms with E-state index in [4.69, 9.17) is 0 Å². The molecule has 0 saturated carbocycles. The number of thioether (sulfide) groups is 1. The van der Waals surface area contributed by atoms with Gasteiger partial charge in [-0.25, -0.2) is 22.8 Å². The quantitative estimate of drug-likeness (QED) is 0.428. The number of halogens is 1. The van der Waals surface area contributed by atoms with Crippen molar-refractivity contribution in [3.8, 4) is 0 Å². The highest BCUT2D eigenvalue weighted by molar-refractivity contribution is 7.98. The fourth-order valence-corrected chi connectivity index (χ4v) is 3.57. The van der Waals surface area contributed by atoms with Gasteiger partial charge >= 0.3 is 0 Å². The fourth-order valence-electron chi connectivity index (χ4n) is 2.25. The molecule has 0 aliphatic heterocycles. The predicted octanol–water partition coefficient (Wildman–Crippen LogP) is 2.77. The molecule has 0 bridgehead atoms. The maximum Gasteiger partial charge on any atom is 0.230 e. The molecule has 148 valence electrons. The first-order valence-electron chi connectivity index (χ1n) is 8.33. The molecule has 2 rings (SSSR count). The first-order valence-corrected chi connectivity index (χ1v) is 11.2. The number of aliphatic hydroxyl groups is 1. The lowest BCUT2D eigenvalue weighted by atomic mass is 10.1.